The van der Waals surface area contributed by atoms with Gasteiger partial charge in [0.15, 0.2) is 0 Å². The van der Waals surface area contributed by atoms with Crippen molar-refractivity contribution >= 4 is 18.6 Å². The monoisotopic (exact) mass is 240 g/mol. The fourth-order valence-corrected chi connectivity index (χ4v) is 4.85. The molecule has 1 atom stereocenters. The predicted octanol–water partition coefficient (Wildman–Crippen LogP) is 1.86. The molecule has 13 heavy (non-hydrogen) atoms. The van der Waals surface area contributed by atoms with Crippen molar-refractivity contribution in [2.24, 2.45) is 0 Å². The maximum atomic E-state index is 5.39. The number of furan rings is 1. The minimum atomic E-state index is -1.10. The first-order valence-electron chi connectivity index (χ1n) is 4.22. The molecule has 0 bridgehead atoms. The summed E-state index contributed by atoms with van der Waals surface area (Å²) in [6.45, 7) is 3.73. The van der Waals surface area contributed by atoms with Crippen LogP contribution >= 0.6 is 0 Å². The molecular weight excluding hydrogens is 227 g/mol. The van der Waals surface area contributed by atoms with Crippen LogP contribution in [0.15, 0.2) is 57.1 Å². The van der Waals surface area contributed by atoms with Gasteiger partial charge in [0.05, 0.1) is 0 Å². The summed E-state index contributed by atoms with van der Waals surface area (Å²) in [5.74, 6) is 0. The van der Waals surface area contributed by atoms with Crippen molar-refractivity contribution in [3.63, 3.8) is 0 Å². The van der Waals surface area contributed by atoms with Crippen molar-refractivity contribution in [2.45, 2.75) is 6.42 Å². The van der Waals surface area contributed by atoms with Gasteiger partial charge in [-0.05, 0) is 0 Å². The van der Waals surface area contributed by atoms with Gasteiger partial charge in [-0.2, -0.15) is 0 Å². The fraction of sp³-hybridized carbons (Fsp3) is 0.0909. The number of rotatable bonds is 3. The van der Waals surface area contributed by atoms with Crippen LogP contribution in [0.3, 0.4) is 0 Å². The Morgan fingerprint density at radius 3 is 3.15 bits per heavy atom. The third-order valence-electron chi connectivity index (χ3n) is 1.89. The minimum absolute atomic E-state index is 0.975. The first-order valence-corrected chi connectivity index (χ1v) is 7.32. The van der Waals surface area contributed by atoms with Gasteiger partial charge in [0.2, 0.25) is 0 Å². The second kappa shape index (κ2) is 3.82. The van der Waals surface area contributed by atoms with Crippen molar-refractivity contribution in [1.82, 2.24) is 0 Å². The second-order valence-electron chi connectivity index (χ2n) is 2.87. The Balaban J connectivity index is 2.14. The second-order valence-corrected chi connectivity index (χ2v) is 6.67. The molecule has 0 N–H and O–H groups in total. The molecule has 1 aliphatic heterocycles. The summed E-state index contributed by atoms with van der Waals surface area (Å²) in [6, 6.07) is 4.02. The molecule has 0 aliphatic carbocycles. The van der Waals surface area contributed by atoms with Crippen LogP contribution < -0.4 is 4.66 Å². The van der Waals surface area contributed by atoms with E-state index in [0.717, 1.165) is 11.1 Å². The Morgan fingerprint density at radius 1 is 1.54 bits per heavy atom. The van der Waals surface area contributed by atoms with Crippen LogP contribution in [-0.4, -0.2) is 13.9 Å². The van der Waals surface area contributed by atoms with Gasteiger partial charge in [-0.25, -0.2) is 0 Å². The SMILES string of the molecule is C=CCC1=C[SeH](c2ccco2)C=C1. The quantitative estimate of drug-likeness (QED) is 0.579. The zero-order chi connectivity index (χ0) is 9.10. The Hall–Kier alpha value is -0.981. The summed E-state index contributed by atoms with van der Waals surface area (Å²) in [5, 5.41) is 0. The van der Waals surface area contributed by atoms with Crippen LogP contribution in [0, 0.1) is 0 Å². The summed E-state index contributed by atoms with van der Waals surface area (Å²) >= 11 is -1.10. The first kappa shape index (κ1) is 8.61. The number of hydrogen-bond acceptors (Lipinski definition) is 1. The zero-order valence-electron chi connectivity index (χ0n) is 7.31. The van der Waals surface area contributed by atoms with E-state index in [0.29, 0.717) is 0 Å². The van der Waals surface area contributed by atoms with Crippen molar-refractivity contribution in [3.8, 4) is 0 Å². The van der Waals surface area contributed by atoms with E-state index in [1.807, 2.05) is 12.1 Å². The first-order chi connectivity index (χ1) is 6.40. The summed E-state index contributed by atoms with van der Waals surface area (Å²) in [6.07, 6.45) is 6.86. The van der Waals surface area contributed by atoms with Gasteiger partial charge in [-0.15, -0.1) is 0 Å². The Labute approximate surface area is 82.3 Å². The van der Waals surface area contributed by atoms with E-state index >= 15 is 0 Å². The van der Waals surface area contributed by atoms with E-state index in [9.17, 15) is 0 Å². The van der Waals surface area contributed by atoms with E-state index in [4.69, 9.17) is 4.42 Å². The molecule has 1 nitrogen and oxygen atoms in total. The molecule has 1 aromatic rings. The van der Waals surface area contributed by atoms with Gasteiger partial charge < -0.3 is 0 Å². The van der Waals surface area contributed by atoms with Gasteiger partial charge in [0.1, 0.15) is 0 Å². The maximum absolute atomic E-state index is 5.39. The zero-order valence-corrected chi connectivity index (χ0v) is 9.19. The summed E-state index contributed by atoms with van der Waals surface area (Å²) < 4.78 is 6.54. The van der Waals surface area contributed by atoms with Crippen LogP contribution in [-0.2, 0) is 0 Å². The molecule has 1 unspecified atom stereocenters. The van der Waals surface area contributed by atoms with E-state index in [-0.39, 0.29) is 0 Å². The molecule has 1 aliphatic rings. The van der Waals surface area contributed by atoms with Crippen LogP contribution in [0.4, 0.5) is 0 Å². The third kappa shape index (κ3) is 1.85. The van der Waals surface area contributed by atoms with Crippen molar-refractivity contribution in [3.05, 3.63) is 52.6 Å². The van der Waals surface area contributed by atoms with Gasteiger partial charge in [0.25, 0.3) is 0 Å². The Bertz CT molecular complexity index is 346. The molecule has 0 fully saturated rings. The number of hydrogen-bond donors (Lipinski definition) is 0. The average molecular weight is 239 g/mol. The van der Waals surface area contributed by atoms with Crippen molar-refractivity contribution in [1.29, 1.82) is 0 Å². The molecule has 2 heterocycles. The van der Waals surface area contributed by atoms with Gasteiger partial charge in [0, 0.05) is 0 Å². The van der Waals surface area contributed by atoms with Gasteiger partial charge in [-0.1, -0.05) is 0 Å². The molecule has 2 rings (SSSR count). The normalized spacial score (nSPS) is 23.1. The van der Waals surface area contributed by atoms with E-state index in [1.54, 1.807) is 6.26 Å². The Morgan fingerprint density at radius 2 is 2.46 bits per heavy atom. The van der Waals surface area contributed by atoms with Crippen LogP contribution in [0.1, 0.15) is 6.42 Å². The predicted molar refractivity (Wildman–Crippen MR) is 57.5 cm³/mol. The molecule has 0 amide bonds. The van der Waals surface area contributed by atoms with Crippen molar-refractivity contribution < 1.29 is 4.42 Å². The summed E-state index contributed by atoms with van der Waals surface area (Å²) in [7, 11) is 0. The van der Waals surface area contributed by atoms with Crippen LogP contribution in [0.2, 0.25) is 0 Å². The topological polar surface area (TPSA) is 13.1 Å². The summed E-state index contributed by atoms with van der Waals surface area (Å²) in [5.41, 5.74) is 1.38. The third-order valence-corrected chi connectivity index (χ3v) is 5.76. The van der Waals surface area contributed by atoms with Crippen LogP contribution in [0.25, 0.3) is 0 Å². The average Bonchev–Trinajstić information content (AvgIpc) is 2.70. The molecule has 0 radical (unpaired) electrons. The van der Waals surface area contributed by atoms with E-state index in [1.165, 1.54) is 5.57 Å². The molecule has 2 heteroatoms. The van der Waals surface area contributed by atoms with Crippen molar-refractivity contribution in [2.75, 3.05) is 0 Å². The Kier molecular flexibility index (Phi) is 2.53. The van der Waals surface area contributed by atoms with Gasteiger partial charge >= 0.3 is 82.0 Å². The standard InChI is InChI=1S/C11H12OSe/c1-2-4-10-6-8-13(9-10)11-5-3-7-12-11/h2-3,5-9,13H,1,4H2. The van der Waals surface area contributed by atoms with E-state index < -0.39 is 13.9 Å². The summed E-state index contributed by atoms with van der Waals surface area (Å²) in [4.78, 5) is 4.65. The molecule has 68 valence electrons. The molecule has 0 saturated carbocycles. The van der Waals surface area contributed by atoms with E-state index in [2.05, 4.69) is 28.7 Å². The molecule has 0 spiro atoms. The molecular formula is C11H12OSe. The number of allylic oxidation sites excluding steroid dienone is 3. The van der Waals surface area contributed by atoms with Gasteiger partial charge in [-0.3, -0.25) is 0 Å². The molecule has 0 aromatic carbocycles. The fourth-order valence-electron chi connectivity index (χ4n) is 1.28. The van der Waals surface area contributed by atoms with Crippen LogP contribution in [0.5, 0.6) is 0 Å². The molecule has 0 saturated heterocycles. The molecule has 1 aromatic heterocycles.